The van der Waals surface area contributed by atoms with Crippen LogP contribution in [0.5, 0.6) is 5.75 Å². The molecule has 0 bridgehead atoms. The lowest BCUT2D eigenvalue weighted by molar-refractivity contribution is 0.135. The number of nitrogens with zero attached hydrogens (tertiary/aromatic N) is 3. The Morgan fingerprint density at radius 3 is 2.63 bits per heavy atom. The number of aliphatic hydroxyl groups is 1. The molecule has 1 saturated heterocycles. The number of thiophene rings is 1. The molecule has 1 fully saturated rings. The van der Waals surface area contributed by atoms with E-state index in [9.17, 15) is 9.59 Å². The second-order valence-electron chi connectivity index (χ2n) is 8.41. The Balaban J connectivity index is 0.000000969. The molecule has 0 unspecified atom stereocenters. The van der Waals surface area contributed by atoms with E-state index >= 15 is 0 Å². The maximum absolute atomic E-state index is 12.4. The number of nitrogens with one attached hydrogen (secondary N) is 3. The van der Waals surface area contributed by atoms with Gasteiger partial charge in [-0.2, -0.15) is 0 Å². The molecule has 1 aliphatic rings. The minimum absolute atomic E-state index is 0. The molecule has 3 aromatic heterocycles. The number of hydrogen-bond acceptors (Lipinski definition) is 7. The first-order valence-corrected chi connectivity index (χ1v) is 13.0. The fourth-order valence-corrected chi connectivity index (χ4v) is 4.74. The average molecular weight is 586 g/mol. The first-order chi connectivity index (χ1) is 17.6. The highest BCUT2D eigenvalue weighted by atomic mass is 35.5. The summed E-state index contributed by atoms with van der Waals surface area (Å²) in [6.07, 6.45) is 0.713. The predicted molar refractivity (Wildman–Crippen MR) is 156 cm³/mol. The fourth-order valence-electron chi connectivity index (χ4n) is 4.00. The van der Waals surface area contributed by atoms with Crippen molar-refractivity contribution in [2.24, 2.45) is 0 Å². The summed E-state index contributed by atoms with van der Waals surface area (Å²) in [5.74, 6) is 0.731. The van der Waals surface area contributed by atoms with Gasteiger partial charge in [0.2, 0.25) is 0 Å². The lowest BCUT2D eigenvalue weighted by atomic mass is 10.2. The normalized spacial score (nSPS) is 13.3. The van der Waals surface area contributed by atoms with Gasteiger partial charge in [-0.25, -0.2) is 14.6 Å². The molecule has 2 amide bonds. The maximum atomic E-state index is 12.4. The van der Waals surface area contributed by atoms with Crippen LogP contribution in [0.1, 0.15) is 18.2 Å². The number of benzene rings is 1. The molecule has 0 saturated carbocycles. The molecule has 4 aromatic rings. The number of H-pyrrole nitrogens is 2. The van der Waals surface area contributed by atoms with E-state index in [4.69, 9.17) is 9.84 Å². The molecule has 0 atom stereocenters. The Morgan fingerprint density at radius 1 is 1.16 bits per heavy atom. The van der Waals surface area contributed by atoms with Gasteiger partial charge in [-0.05, 0) is 49.1 Å². The van der Waals surface area contributed by atoms with Crippen LogP contribution in [-0.4, -0.2) is 81.8 Å². The monoisotopic (exact) mass is 584 g/mol. The third-order valence-corrected chi connectivity index (χ3v) is 6.61. The number of urea groups is 1. The molecule has 13 heteroatoms. The zero-order valence-corrected chi connectivity index (χ0v) is 23.6. The minimum atomic E-state index is -0.272. The van der Waals surface area contributed by atoms with Gasteiger partial charge >= 0.3 is 11.7 Å². The molecular weight excluding hydrogens is 551 g/mol. The van der Waals surface area contributed by atoms with Crippen LogP contribution in [0.25, 0.3) is 22.1 Å². The summed E-state index contributed by atoms with van der Waals surface area (Å²) in [5, 5.41) is 13.6. The summed E-state index contributed by atoms with van der Waals surface area (Å²) >= 11 is 1.78. The molecular formula is C25H34Cl2N6O4S. The highest BCUT2D eigenvalue weighted by molar-refractivity contribution is 7.09. The summed E-state index contributed by atoms with van der Waals surface area (Å²) < 4.78 is 5.84. The Labute approximate surface area is 237 Å². The van der Waals surface area contributed by atoms with Crippen molar-refractivity contribution >= 4 is 64.2 Å². The minimum Gasteiger partial charge on any atom is -0.494 e. The average Bonchev–Trinajstić information content (AvgIpc) is 3.51. The van der Waals surface area contributed by atoms with Gasteiger partial charge in [-0.3, -0.25) is 9.88 Å². The number of aliphatic hydroxyl groups excluding tert-OH is 1. The molecule has 0 radical (unpaired) electrons. The summed E-state index contributed by atoms with van der Waals surface area (Å²) in [6, 6.07) is 11.7. The summed E-state index contributed by atoms with van der Waals surface area (Å²) in [7, 11) is 0. The lowest BCUT2D eigenvalue weighted by Gasteiger charge is -2.34. The second-order valence-corrected chi connectivity index (χ2v) is 9.44. The standard InChI is InChI=1S/C23H26N6O3S.C2H6O.2ClH/c30-22-26-20-14-16-13-17(4-5-19(16)25-21(20)27-22)32-11-2-6-24-23(31)29-9-7-28(8-10-29)15-18-3-1-12-33-18;1-2-3;;/h1,3-5,12-14H,2,6-11,15H2,(H,24,31)(H2,25,26,27,30);3H,2H2,1H3;2*1H. The van der Waals surface area contributed by atoms with Crippen LogP contribution in [0.2, 0.25) is 0 Å². The van der Waals surface area contributed by atoms with E-state index in [2.05, 4.69) is 42.7 Å². The van der Waals surface area contributed by atoms with E-state index in [0.717, 1.165) is 49.4 Å². The third kappa shape index (κ3) is 8.60. The number of rotatable bonds is 7. The van der Waals surface area contributed by atoms with Gasteiger partial charge < -0.3 is 25.0 Å². The Kier molecular flexibility index (Phi) is 12.8. The van der Waals surface area contributed by atoms with Crippen molar-refractivity contribution in [2.75, 3.05) is 45.9 Å². The number of imidazole rings is 1. The molecule has 0 spiro atoms. The van der Waals surface area contributed by atoms with Crippen molar-refractivity contribution in [3.05, 3.63) is 57.1 Å². The number of amides is 2. The number of hydrogen-bond donors (Lipinski definition) is 4. The first kappa shape index (κ1) is 31.4. The SMILES string of the molecule is CCO.Cl.Cl.O=C(NCCCOc1ccc2nc3[nH]c(=O)[nH]c3cc2c1)N1CCN(Cc2cccs2)CC1. The van der Waals surface area contributed by atoms with Crippen molar-refractivity contribution < 1.29 is 14.6 Å². The lowest BCUT2D eigenvalue weighted by Crippen LogP contribution is -2.51. The number of piperazine rings is 1. The number of halogens is 2. The van der Waals surface area contributed by atoms with E-state index in [1.165, 1.54) is 4.88 Å². The molecule has 0 aliphatic carbocycles. The first-order valence-electron chi connectivity index (χ1n) is 12.1. The zero-order chi connectivity index (χ0) is 25.3. The quantitative estimate of drug-likeness (QED) is 0.246. The van der Waals surface area contributed by atoms with Gasteiger partial charge in [-0.15, -0.1) is 36.2 Å². The van der Waals surface area contributed by atoms with Gasteiger partial charge in [0.1, 0.15) is 5.75 Å². The van der Waals surface area contributed by atoms with E-state index < -0.39 is 0 Å². The number of fused-ring (bicyclic) bond motifs is 2. The highest BCUT2D eigenvalue weighted by Crippen LogP contribution is 2.22. The molecule has 4 N–H and O–H groups in total. The van der Waals surface area contributed by atoms with Crippen molar-refractivity contribution in [1.82, 2.24) is 30.1 Å². The molecule has 38 heavy (non-hydrogen) atoms. The number of carbonyl (C=O) groups is 1. The van der Waals surface area contributed by atoms with Crippen LogP contribution in [0.3, 0.4) is 0 Å². The van der Waals surface area contributed by atoms with Crippen molar-refractivity contribution in [3.63, 3.8) is 0 Å². The van der Waals surface area contributed by atoms with E-state index in [0.29, 0.717) is 30.7 Å². The van der Waals surface area contributed by atoms with E-state index in [1.807, 2.05) is 29.2 Å². The van der Waals surface area contributed by atoms with Gasteiger partial charge in [-0.1, -0.05) is 6.07 Å². The van der Waals surface area contributed by atoms with Crippen molar-refractivity contribution in [3.8, 4) is 5.75 Å². The van der Waals surface area contributed by atoms with Crippen LogP contribution < -0.4 is 15.7 Å². The predicted octanol–water partition coefficient (Wildman–Crippen LogP) is 3.60. The van der Waals surface area contributed by atoms with Crippen LogP contribution in [0, 0.1) is 0 Å². The maximum Gasteiger partial charge on any atom is 0.325 e. The zero-order valence-electron chi connectivity index (χ0n) is 21.1. The smallest absolute Gasteiger partial charge is 0.325 e. The number of ether oxygens (including phenoxy) is 1. The molecule has 4 heterocycles. The van der Waals surface area contributed by atoms with Crippen LogP contribution in [0.4, 0.5) is 4.79 Å². The summed E-state index contributed by atoms with van der Waals surface area (Å²) in [4.78, 5) is 39.3. The molecule has 208 valence electrons. The van der Waals surface area contributed by atoms with Crippen LogP contribution in [-0.2, 0) is 6.54 Å². The number of aromatic amines is 2. The van der Waals surface area contributed by atoms with Gasteiger partial charge in [0.05, 0.1) is 17.6 Å². The van der Waals surface area contributed by atoms with Crippen LogP contribution >= 0.6 is 36.2 Å². The third-order valence-electron chi connectivity index (χ3n) is 5.75. The molecule has 1 aliphatic heterocycles. The second kappa shape index (κ2) is 15.6. The topological polar surface area (TPSA) is 127 Å². The van der Waals surface area contributed by atoms with Crippen molar-refractivity contribution in [2.45, 2.75) is 19.9 Å². The molecule has 5 rings (SSSR count). The number of carbonyl (C=O) groups excluding carboxylic acids is 1. The largest absolute Gasteiger partial charge is 0.494 e. The summed E-state index contributed by atoms with van der Waals surface area (Å²) in [6.45, 7) is 7.24. The Bertz CT molecular complexity index is 1320. The van der Waals surface area contributed by atoms with Gasteiger partial charge in [0, 0.05) is 56.1 Å². The fraction of sp³-hybridized carbons (Fsp3) is 0.400. The van der Waals surface area contributed by atoms with Crippen LogP contribution in [0.15, 0.2) is 46.6 Å². The highest BCUT2D eigenvalue weighted by Gasteiger charge is 2.20. The van der Waals surface area contributed by atoms with Gasteiger partial charge in [0.15, 0.2) is 5.65 Å². The van der Waals surface area contributed by atoms with E-state index in [-0.39, 0.29) is 43.1 Å². The molecule has 10 nitrogen and oxygen atoms in total. The summed E-state index contributed by atoms with van der Waals surface area (Å²) in [5.41, 5.74) is 1.72. The van der Waals surface area contributed by atoms with Crippen molar-refractivity contribution in [1.29, 1.82) is 0 Å². The number of pyridine rings is 1. The Hall–Kier alpha value is -2.83. The van der Waals surface area contributed by atoms with E-state index in [1.54, 1.807) is 18.3 Å². The molecule has 1 aromatic carbocycles. The number of aromatic nitrogens is 3. The van der Waals surface area contributed by atoms with Gasteiger partial charge in [0.25, 0.3) is 0 Å². The Morgan fingerprint density at radius 2 is 1.92 bits per heavy atom.